The van der Waals surface area contributed by atoms with Gasteiger partial charge in [0.25, 0.3) is 0 Å². The van der Waals surface area contributed by atoms with Gasteiger partial charge >= 0.3 is 0 Å². The first-order chi connectivity index (χ1) is 10.6. The molecule has 1 atom stereocenters. The number of anilines is 2. The van der Waals surface area contributed by atoms with Crippen molar-refractivity contribution in [2.75, 3.05) is 36.8 Å². The first-order valence-electron chi connectivity index (χ1n) is 8.76. The number of nitrogen functional groups attached to an aromatic ring is 1. The second kappa shape index (κ2) is 6.41. The Bertz CT molecular complexity index is 524. The third kappa shape index (κ3) is 2.91. The minimum absolute atomic E-state index is 0.170. The molecule has 5 heteroatoms. The van der Waals surface area contributed by atoms with Crippen molar-refractivity contribution in [3.63, 3.8) is 0 Å². The summed E-state index contributed by atoms with van der Waals surface area (Å²) in [5, 5.41) is 3.41. The molecule has 22 heavy (non-hydrogen) atoms. The first kappa shape index (κ1) is 15.5. The Morgan fingerprint density at radius 3 is 2.77 bits per heavy atom. The Kier molecular flexibility index (Phi) is 4.52. The van der Waals surface area contributed by atoms with E-state index in [4.69, 9.17) is 10.7 Å². The van der Waals surface area contributed by atoms with Gasteiger partial charge < -0.3 is 16.0 Å². The molecule has 122 valence electrons. The molecule has 0 spiro atoms. The molecule has 1 fully saturated rings. The Morgan fingerprint density at radius 2 is 2.05 bits per heavy atom. The van der Waals surface area contributed by atoms with Crippen LogP contribution in [0.5, 0.6) is 0 Å². The van der Waals surface area contributed by atoms with Gasteiger partial charge in [-0.3, -0.25) is 0 Å². The standard InChI is InChI=1S/C17H29N5/c1-3-4-7-17(2)8-5-6-13-14(17)20-16(18)21-15(13)22-11-9-19-10-12-22/h19H,3-12H2,1-2H3,(H2,18,20,21). The van der Waals surface area contributed by atoms with Crippen LogP contribution in [0.1, 0.15) is 57.2 Å². The molecule has 5 nitrogen and oxygen atoms in total. The largest absolute Gasteiger partial charge is 0.368 e. The molecule has 3 N–H and O–H groups in total. The molecule has 0 amide bonds. The van der Waals surface area contributed by atoms with Crippen LogP contribution >= 0.6 is 0 Å². The van der Waals surface area contributed by atoms with Crippen molar-refractivity contribution in [2.45, 2.75) is 57.8 Å². The lowest BCUT2D eigenvalue weighted by Crippen LogP contribution is -2.45. The first-order valence-corrected chi connectivity index (χ1v) is 8.76. The Balaban J connectivity index is 1.99. The minimum atomic E-state index is 0.170. The second-order valence-electron chi connectivity index (χ2n) is 6.99. The van der Waals surface area contributed by atoms with E-state index in [1.807, 2.05) is 0 Å². The lowest BCUT2D eigenvalue weighted by Gasteiger charge is -2.38. The van der Waals surface area contributed by atoms with Crippen LogP contribution in [0.15, 0.2) is 0 Å². The molecule has 0 aromatic carbocycles. The van der Waals surface area contributed by atoms with Gasteiger partial charge in [-0.1, -0.05) is 26.7 Å². The van der Waals surface area contributed by atoms with Gasteiger partial charge in [0.05, 0.1) is 5.69 Å². The number of fused-ring (bicyclic) bond motifs is 1. The second-order valence-corrected chi connectivity index (χ2v) is 6.99. The molecule has 1 aliphatic carbocycles. The van der Waals surface area contributed by atoms with Crippen molar-refractivity contribution in [1.82, 2.24) is 15.3 Å². The molecule has 1 aromatic rings. The summed E-state index contributed by atoms with van der Waals surface area (Å²) in [6, 6.07) is 0. The zero-order valence-electron chi connectivity index (χ0n) is 14.0. The van der Waals surface area contributed by atoms with Gasteiger partial charge in [0, 0.05) is 37.2 Å². The number of aromatic nitrogens is 2. The number of hydrogen-bond donors (Lipinski definition) is 2. The normalized spacial score (nSPS) is 25.1. The number of nitrogens with two attached hydrogens (primary N) is 1. The number of hydrogen-bond acceptors (Lipinski definition) is 5. The maximum absolute atomic E-state index is 6.07. The van der Waals surface area contributed by atoms with Crippen LogP contribution in [0.4, 0.5) is 11.8 Å². The van der Waals surface area contributed by atoms with E-state index < -0.39 is 0 Å². The smallest absolute Gasteiger partial charge is 0.222 e. The van der Waals surface area contributed by atoms with E-state index in [1.165, 1.54) is 43.4 Å². The van der Waals surface area contributed by atoms with Crippen molar-refractivity contribution < 1.29 is 0 Å². The summed E-state index contributed by atoms with van der Waals surface area (Å²) >= 11 is 0. The molecule has 0 bridgehead atoms. The van der Waals surface area contributed by atoms with Gasteiger partial charge in [-0.15, -0.1) is 0 Å². The van der Waals surface area contributed by atoms with Crippen LogP contribution in [0.2, 0.25) is 0 Å². The highest BCUT2D eigenvalue weighted by Crippen LogP contribution is 2.42. The number of piperazine rings is 1. The summed E-state index contributed by atoms with van der Waals surface area (Å²) < 4.78 is 0. The molecule has 0 radical (unpaired) electrons. The molecule has 1 saturated heterocycles. The molecule has 2 heterocycles. The van der Waals surface area contributed by atoms with Gasteiger partial charge in [0.1, 0.15) is 5.82 Å². The van der Waals surface area contributed by atoms with E-state index in [0.29, 0.717) is 5.95 Å². The van der Waals surface area contributed by atoms with Crippen molar-refractivity contribution in [3.8, 4) is 0 Å². The molecular formula is C17H29N5. The van der Waals surface area contributed by atoms with Crippen molar-refractivity contribution in [1.29, 1.82) is 0 Å². The van der Waals surface area contributed by atoms with Crippen molar-refractivity contribution >= 4 is 11.8 Å². The predicted molar refractivity (Wildman–Crippen MR) is 91.3 cm³/mol. The summed E-state index contributed by atoms with van der Waals surface area (Å²) in [6.07, 6.45) is 7.24. The predicted octanol–water partition coefficient (Wildman–Crippen LogP) is 2.25. The Hall–Kier alpha value is -1.36. The van der Waals surface area contributed by atoms with Gasteiger partial charge in [-0.05, 0) is 25.7 Å². The molecule has 2 aliphatic rings. The average molecular weight is 303 g/mol. The minimum Gasteiger partial charge on any atom is -0.368 e. The van der Waals surface area contributed by atoms with Gasteiger partial charge in [-0.25, -0.2) is 4.98 Å². The van der Waals surface area contributed by atoms with E-state index in [2.05, 4.69) is 29.0 Å². The van der Waals surface area contributed by atoms with Crippen LogP contribution in [-0.4, -0.2) is 36.1 Å². The summed E-state index contributed by atoms with van der Waals surface area (Å²) in [5.41, 5.74) is 8.84. The van der Waals surface area contributed by atoms with Crippen molar-refractivity contribution in [2.24, 2.45) is 0 Å². The number of unbranched alkanes of at least 4 members (excludes halogenated alkanes) is 1. The zero-order chi connectivity index (χ0) is 15.6. The fourth-order valence-corrected chi connectivity index (χ4v) is 3.94. The third-order valence-corrected chi connectivity index (χ3v) is 5.23. The van der Waals surface area contributed by atoms with E-state index in [0.717, 1.165) is 38.4 Å². The summed E-state index contributed by atoms with van der Waals surface area (Å²) in [4.78, 5) is 11.7. The Labute approximate surface area is 133 Å². The lowest BCUT2D eigenvalue weighted by atomic mass is 9.71. The molecule has 3 rings (SSSR count). The molecule has 1 aromatic heterocycles. The van der Waals surface area contributed by atoms with E-state index in [9.17, 15) is 0 Å². The van der Waals surface area contributed by atoms with Crippen LogP contribution in [-0.2, 0) is 11.8 Å². The maximum atomic E-state index is 6.07. The zero-order valence-corrected chi connectivity index (χ0v) is 14.0. The highest BCUT2D eigenvalue weighted by molar-refractivity contribution is 5.55. The fourth-order valence-electron chi connectivity index (χ4n) is 3.94. The molecular weight excluding hydrogens is 274 g/mol. The quantitative estimate of drug-likeness (QED) is 0.893. The Morgan fingerprint density at radius 1 is 1.27 bits per heavy atom. The number of nitrogens with zero attached hydrogens (tertiary/aromatic N) is 3. The fraction of sp³-hybridized carbons (Fsp3) is 0.765. The highest BCUT2D eigenvalue weighted by Gasteiger charge is 2.36. The SMILES string of the molecule is CCCCC1(C)CCCc2c(N3CCNCC3)nc(N)nc21. The van der Waals surface area contributed by atoms with Crippen LogP contribution < -0.4 is 16.0 Å². The monoisotopic (exact) mass is 303 g/mol. The van der Waals surface area contributed by atoms with Gasteiger partial charge in [0.2, 0.25) is 5.95 Å². The van der Waals surface area contributed by atoms with Gasteiger partial charge in [-0.2, -0.15) is 4.98 Å². The topological polar surface area (TPSA) is 67.1 Å². The van der Waals surface area contributed by atoms with Crippen molar-refractivity contribution in [3.05, 3.63) is 11.3 Å². The summed E-state index contributed by atoms with van der Waals surface area (Å²) in [6.45, 7) is 8.68. The van der Waals surface area contributed by atoms with Gasteiger partial charge in [0.15, 0.2) is 0 Å². The summed E-state index contributed by atoms with van der Waals surface area (Å²) in [7, 11) is 0. The molecule has 1 unspecified atom stereocenters. The number of rotatable bonds is 4. The van der Waals surface area contributed by atoms with E-state index in [-0.39, 0.29) is 5.41 Å². The number of nitrogens with one attached hydrogen (secondary N) is 1. The van der Waals surface area contributed by atoms with Crippen LogP contribution in [0.25, 0.3) is 0 Å². The maximum Gasteiger partial charge on any atom is 0.222 e. The third-order valence-electron chi connectivity index (χ3n) is 5.23. The van der Waals surface area contributed by atoms with Crippen LogP contribution in [0, 0.1) is 0 Å². The molecule has 1 aliphatic heterocycles. The summed E-state index contributed by atoms with van der Waals surface area (Å²) in [5.74, 6) is 1.54. The lowest BCUT2D eigenvalue weighted by molar-refractivity contribution is 0.344. The van der Waals surface area contributed by atoms with E-state index in [1.54, 1.807) is 0 Å². The van der Waals surface area contributed by atoms with E-state index >= 15 is 0 Å². The van der Waals surface area contributed by atoms with Crippen LogP contribution in [0.3, 0.4) is 0 Å². The molecule has 0 saturated carbocycles. The highest BCUT2D eigenvalue weighted by atomic mass is 15.2. The average Bonchev–Trinajstić information content (AvgIpc) is 2.54.